The number of aromatic nitrogens is 3. The van der Waals surface area contributed by atoms with Gasteiger partial charge in [-0.3, -0.25) is 4.68 Å². The second kappa shape index (κ2) is 5.23. The first-order valence-electron chi connectivity index (χ1n) is 5.29. The molecule has 0 saturated heterocycles. The molecule has 0 radical (unpaired) electrons. The number of nitrogens with zero attached hydrogens (tertiary/aromatic N) is 3. The van der Waals surface area contributed by atoms with Gasteiger partial charge in [-0.1, -0.05) is 13.8 Å². The van der Waals surface area contributed by atoms with Gasteiger partial charge in [0.05, 0.1) is 12.2 Å². The molecule has 1 rings (SSSR count). The molecule has 1 aromatic heterocycles. The molecule has 0 aliphatic rings. The molecule has 2 atom stereocenters. The van der Waals surface area contributed by atoms with Gasteiger partial charge in [0, 0.05) is 13.0 Å². The van der Waals surface area contributed by atoms with Crippen molar-refractivity contribution in [2.24, 2.45) is 5.92 Å². The molecule has 2 N–H and O–H groups in total. The number of aliphatic hydroxyl groups excluding tert-OH is 2. The predicted octanol–water partition coefficient (Wildman–Crippen LogP) is 0.218. The van der Waals surface area contributed by atoms with Gasteiger partial charge in [-0.15, -0.1) is 0 Å². The fourth-order valence-electron chi connectivity index (χ4n) is 1.46. The zero-order valence-corrected chi connectivity index (χ0v) is 9.46. The van der Waals surface area contributed by atoms with Crippen molar-refractivity contribution in [2.45, 2.75) is 45.9 Å². The van der Waals surface area contributed by atoms with Crippen molar-refractivity contribution in [3.8, 4) is 0 Å². The Bertz CT molecular complexity index is 299. The van der Waals surface area contributed by atoms with Crippen LogP contribution in [0.5, 0.6) is 0 Å². The summed E-state index contributed by atoms with van der Waals surface area (Å²) in [4.78, 5) is 4.05. The van der Waals surface area contributed by atoms with E-state index in [1.165, 1.54) is 6.33 Å². The third-order valence-electron chi connectivity index (χ3n) is 2.46. The van der Waals surface area contributed by atoms with Gasteiger partial charge in [0.1, 0.15) is 12.2 Å². The maximum atomic E-state index is 9.75. The third-order valence-corrected chi connectivity index (χ3v) is 2.46. The standard InChI is InChI=1S/C10H19N3O2/c1-4-13-9(11-6-12-13)5-8(14)10(15)7(2)3/h6-8,10,14-15H,4-5H2,1-3H3. The lowest BCUT2D eigenvalue weighted by Gasteiger charge is -2.20. The largest absolute Gasteiger partial charge is 0.390 e. The van der Waals surface area contributed by atoms with E-state index in [0.29, 0.717) is 12.2 Å². The van der Waals surface area contributed by atoms with Crippen LogP contribution in [0.2, 0.25) is 0 Å². The summed E-state index contributed by atoms with van der Waals surface area (Å²) < 4.78 is 1.72. The number of aryl methyl sites for hydroxylation is 1. The minimum Gasteiger partial charge on any atom is -0.390 e. The zero-order chi connectivity index (χ0) is 11.4. The van der Waals surface area contributed by atoms with E-state index in [1.54, 1.807) is 4.68 Å². The highest BCUT2D eigenvalue weighted by Crippen LogP contribution is 2.10. The molecule has 0 aliphatic carbocycles. The molecule has 1 heterocycles. The van der Waals surface area contributed by atoms with Crippen molar-refractivity contribution in [1.82, 2.24) is 14.8 Å². The van der Waals surface area contributed by atoms with Crippen LogP contribution in [0, 0.1) is 5.92 Å². The summed E-state index contributed by atoms with van der Waals surface area (Å²) in [5.41, 5.74) is 0. The summed E-state index contributed by atoms with van der Waals surface area (Å²) in [6.07, 6.45) is 0.312. The van der Waals surface area contributed by atoms with E-state index in [1.807, 2.05) is 20.8 Å². The smallest absolute Gasteiger partial charge is 0.138 e. The zero-order valence-electron chi connectivity index (χ0n) is 9.46. The molecule has 1 aromatic rings. The van der Waals surface area contributed by atoms with E-state index in [4.69, 9.17) is 0 Å². The summed E-state index contributed by atoms with van der Waals surface area (Å²) in [6, 6.07) is 0. The fraction of sp³-hybridized carbons (Fsp3) is 0.800. The van der Waals surface area contributed by atoms with Crippen LogP contribution < -0.4 is 0 Å². The fourth-order valence-corrected chi connectivity index (χ4v) is 1.46. The molecular formula is C10H19N3O2. The lowest BCUT2D eigenvalue weighted by Crippen LogP contribution is -2.33. The Morgan fingerprint density at radius 2 is 2.07 bits per heavy atom. The molecule has 5 nitrogen and oxygen atoms in total. The van der Waals surface area contributed by atoms with Crippen molar-refractivity contribution >= 4 is 0 Å². The highest BCUT2D eigenvalue weighted by molar-refractivity contribution is 4.89. The number of hydrogen-bond acceptors (Lipinski definition) is 4. The van der Waals surface area contributed by atoms with Gasteiger partial charge < -0.3 is 10.2 Å². The highest BCUT2D eigenvalue weighted by atomic mass is 16.3. The summed E-state index contributed by atoms with van der Waals surface area (Å²) in [6.45, 7) is 6.43. The highest BCUT2D eigenvalue weighted by Gasteiger charge is 2.21. The minimum absolute atomic E-state index is 0.0398. The predicted molar refractivity (Wildman–Crippen MR) is 56.3 cm³/mol. The first-order valence-corrected chi connectivity index (χ1v) is 5.29. The lowest BCUT2D eigenvalue weighted by molar-refractivity contribution is -0.00875. The maximum absolute atomic E-state index is 9.75. The Hall–Kier alpha value is -0.940. The Labute approximate surface area is 89.8 Å². The molecule has 2 unspecified atom stereocenters. The van der Waals surface area contributed by atoms with Crippen LogP contribution in [0.4, 0.5) is 0 Å². The molecule has 86 valence electrons. The first-order chi connectivity index (χ1) is 7.06. The Morgan fingerprint density at radius 3 is 2.60 bits per heavy atom. The monoisotopic (exact) mass is 213 g/mol. The van der Waals surface area contributed by atoms with E-state index in [9.17, 15) is 10.2 Å². The normalized spacial score (nSPS) is 15.6. The van der Waals surface area contributed by atoms with Crippen LogP contribution in [0.1, 0.15) is 26.6 Å². The van der Waals surface area contributed by atoms with Crippen LogP contribution in [0.3, 0.4) is 0 Å². The van der Waals surface area contributed by atoms with Crippen molar-refractivity contribution in [1.29, 1.82) is 0 Å². The lowest BCUT2D eigenvalue weighted by atomic mass is 9.99. The molecule has 0 amide bonds. The quantitative estimate of drug-likeness (QED) is 0.734. The van der Waals surface area contributed by atoms with E-state index in [0.717, 1.165) is 6.54 Å². The SMILES string of the molecule is CCn1ncnc1CC(O)C(O)C(C)C. The van der Waals surface area contributed by atoms with Crippen LogP contribution in [-0.4, -0.2) is 37.2 Å². The van der Waals surface area contributed by atoms with E-state index < -0.39 is 12.2 Å². The van der Waals surface area contributed by atoms with Crippen LogP contribution in [0.25, 0.3) is 0 Å². The average molecular weight is 213 g/mol. The van der Waals surface area contributed by atoms with Gasteiger partial charge in [0.25, 0.3) is 0 Å². The maximum Gasteiger partial charge on any atom is 0.138 e. The molecule has 0 fully saturated rings. The van der Waals surface area contributed by atoms with Crippen molar-refractivity contribution in [2.75, 3.05) is 0 Å². The van der Waals surface area contributed by atoms with Crippen LogP contribution in [-0.2, 0) is 13.0 Å². The van der Waals surface area contributed by atoms with Gasteiger partial charge in [-0.25, -0.2) is 4.98 Å². The molecule has 5 heteroatoms. The van der Waals surface area contributed by atoms with E-state index in [-0.39, 0.29) is 5.92 Å². The van der Waals surface area contributed by atoms with Crippen molar-refractivity contribution < 1.29 is 10.2 Å². The molecule has 0 bridgehead atoms. The molecule has 0 saturated carbocycles. The summed E-state index contributed by atoms with van der Waals surface area (Å²) in [5, 5.41) is 23.4. The van der Waals surface area contributed by atoms with Gasteiger partial charge in [-0.05, 0) is 12.8 Å². The topological polar surface area (TPSA) is 71.2 Å². The molecule has 0 aliphatic heterocycles. The summed E-state index contributed by atoms with van der Waals surface area (Å²) >= 11 is 0. The number of hydrogen-bond donors (Lipinski definition) is 2. The first kappa shape index (κ1) is 12.1. The second-order valence-corrected chi connectivity index (χ2v) is 4.00. The molecular weight excluding hydrogens is 194 g/mol. The Kier molecular flexibility index (Phi) is 4.23. The second-order valence-electron chi connectivity index (χ2n) is 4.00. The molecule has 15 heavy (non-hydrogen) atoms. The Morgan fingerprint density at radius 1 is 1.40 bits per heavy atom. The summed E-state index contributed by atoms with van der Waals surface area (Å²) in [5.74, 6) is 0.752. The van der Waals surface area contributed by atoms with Gasteiger partial charge in [-0.2, -0.15) is 5.10 Å². The Balaban J connectivity index is 2.61. The third kappa shape index (κ3) is 3.00. The molecule has 0 aromatic carbocycles. The van der Waals surface area contributed by atoms with Gasteiger partial charge >= 0.3 is 0 Å². The van der Waals surface area contributed by atoms with Crippen LogP contribution in [0.15, 0.2) is 6.33 Å². The van der Waals surface area contributed by atoms with Crippen molar-refractivity contribution in [3.63, 3.8) is 0 Å². The average Bonchev–Trinajstić information content (AvgIpc) is 2.63. The van der Waals surface area contributed by atoms with Gasteiger partial charge in [0.15, 0.2) is 0 Å². The van der Waals surface area contributed by atoms with Crippen molar-refractivity contribution in [3.05, 3.63) is 12.2 Å². The van der Waals surface area contributed by atoms with E-state index in [2.05, 4.69) is 10.1 Å². The molecule has 0 spiro atoms. The number of rotatable bonds is 5. The summed E-state index contributed by atoms with van der Waals surface area (Å²) in [7, 11) is 0. The number of aliphatic hydroxyl groups is 2. The minimum atomic E-state index is -0.778. The van der Waals surface area contributed by atoms with Gasteiger partial charge in [0.2, 0.25) is 0 Å². The van der Waals surface area contributed by atoms with Crippen LogP contribution >= 0.6 is 0 Å². The van der Waals surface area contributed by atoms with E-state index >= 15 is 0 Å².